The van der Waals surface area contributed by atoms with Crippen molar-refractivity contribution in [3.63, 3.8) is 0 Å². The van der Waals surface area contributed by atoms with E-state index in [1.54, 1.807) is 0 Å². The molecule has 0 saturated carbocycles. The van der Waals surface area contributed by atoms with Crippen LogP contribution in [-0.4, -0.2) is 47.2 Å². The summed E-state index contributed by atoms with van der Waals surface area (Å²) in [5.41, 5.74) is 4.84. The Morgan fingerprint density at radius 1 is 1.56 bits per heavy atom. The summed E-state index contributed by atoms with van der Waals surface area (Å²) < 4.78 is 0. The lowest BCUT2D eigenvalue weighted by molar-refractivity contribution is -0.138. The van der Waals surface area contributed by atoms with Crippen molar-refractivity contribution in [2.75, 3.05) is 20.3 Å². The second-order valence-electron chi connectivity index (χ2n) is 3.99. The Morgan fingerprint density at radius 2 is 2.12 bits per heavy atom. The summed E-state index contributed by atoms with van der Waals surface area (Å²) in [5.74, 6) is -0.963. The molecule has 1 rings (SSSR count). The van der Waals surface area contributed by atoms with Gasteiger partial charge in [-0.3, -0.25) is 4.79 Å². The van der Waals surface area contributed by atoms with Crippen LogP contribution in [0.4, 0.5) is 0 Å². The van der Waals surface area contributed by atoms with Crippen LogP contribution < -0.4 is 5.73 Å². The van der Waals surface area contributed by atoms with Crippen molar-refractivity contribution in [3.8, 4) is 0 Å². The molecule has 1 heterocycles. The van der Waals surface area contributed by atoms with E-state index >= 15 is 0 Å². The molecule has 16 heavy (non-hydrogen) atoms. The topological polar surface area (TPSA) is 69.8 Å². The maximum Gasteiger partial charge on any atom is 0.320 e. The van der Waals surface area contributed by atoms with Gasteiger partial charge in [0.05, 0.1) is 6.67 Å². The number of carbonyl (C=O) groups is 1. The first kappa shape index (κ1) is 14.8. The third-order valence-electron chi connectivity index (χ3n) is 2.13. The minimum Gasteiger partial charge on any atom is -0.480 e. The number of rotatable bonds is 4. The van der Waals surface area contributed by atoms with Gasteiger partial charge in [0.15, 0.2) is 0 Å². The summed E-state index contributed by atoms with van der Waals surface area (Å²) in [6.45, 7) is 5.92. The molecule has 0 saturated heterocycles. The standard InChI is InChI=1S/C8H16N2.C3H7NO2/c1-3-4-5-10-7-6-9(2)8-10;1-2(4)3(5)6/h6-7H,3-5,8H2,1-2H3;2H,4H2,1H3,(H,5,6)/t;2-/m.0/s1. The van der Waals surface area contributed by atoms with Crippen LogP contribution in [-0.2, 0) is 4.79 Å². The van der Waals surface area contributed by atoms with E-state index in [1.165, 1.54) is 26.3 Å². The zero-order valence-corrected chi connectivity index (χ0v) is 10.4. The highest BCUT2D eigenvalue weighted by Crippen LogP contribution is 2.04. The fourth-order valence-corrected chi connectivity index (χ4v) is 1.10. The van der Waals surface area contributed by atoms with Crippen LogP contribution in [0.2, 0.25) is 0 Å². The molecule has 0 amide bonds. The van der Waals surface area contributed by atoms with Gasteiger partial charge in [-0.05, 0) is 13.3 Å². The van der Waals surface area contributed by atoms with E-state index < -0.39 is 12.0 Å². The van der Waals surface area contributed by atoms with Crippen molar-refractivity contribution in [1.82, 2.24) is 9.80 Å². The molecule has 94 valence electrons. The highest BCUT2D eigenvalue weighted by molar-refractivity contribution is 5.72. The van der Waals surface area contributed by atoms with Gasteiger partial charge >= 0.3 is 5.97 Å². The van der Waals surface area contributed by atoms with Crippen LogP contribution in [0, 0.1) is 0 Å². The Balaban J connectivity index is 0.000000325. The minimum atomic E-state index is -0.963. The van der Waals surface area contributed by atoms with Crippen molar-refractivity contribution >= 4 is 5.97 Å². The molecule has 1 aliphatic rings. The third-order valence-corrected chi connectivity index (χ3v) is 2.13. The molecule has 0 spiro atoms. The first-order valence-electron chi connectivity index (χ1n) is 5.58. The van der Waals surface area contributed by atoms with Crippen molar-refractivity contribution in [2.45, 2.75) is 32.7 Å². The van der Waals surface area contributed by atoms with Gasteiger partial charge in [-0.1, -0.05) is 13.3 Å². The van der Waals surface area contributed by atoms with E-state index in [2.05, 4.69) is 36.2 Å². The number of unbranched alkanes of at least 4 members (excludes halogenated alkanes) is 1. The molecule has 0 aromatic rings. The maximum absolute atomic E-state index is 9.57. The first-order chi connectivity index (χ1) is 7.47. The lowest BCUT2D eigenvalue weighted by Gasteiger charge is -2.17. The molecule has 0 fully saturated rings. The summed E-state index contributed by atoms with van der Waals surface area (Å²) >= 11 is 0. The lowest BCUT2D eigenvalue weighted by atomic mass is 10.3. The normalized spacial score (nSPS) is 15.8. The van der Waals surface area contributed by atoms with Crippen molar-refractivity contribution in [3.05, 3.63) is 12.4 Å². The minimum absolute atomic E-state index is 0.731. The summed E-state index contributed by atoms with van der Waals surface area (Å²) in [4.78, 5) is 14.1. The molecule has 0 aromatic carbocycles. The predicted molar refractivity (Wildman–Crippen MR) is 64.7 cm³/mol. The average Bonchev–Trinajstić information content (AvgIpc) is 2.62. The Hall–Kier alpha value is -1.23. The van der Waals surface area contributed by atoms with Crippen LogP contribution in [0.5, 0.6) is 0 Å². The molecule has 0 bridgehead atoms. The molecule has 0 radical (unpaired) electrons. The zero-order valence-electron chi connectivity index (χ0n) is 10.4. The number of hydrogen-bond acceptors (Lipinski definition) is 4. The zero-order chi connectivity index (χ0) is 12.6. The summed E-state index contributed by atoms with van der Waals surface area (Å²) in [7, 11) is 2.10. The molecule has 3 N–H and O–H groups in total. The van der Waals surface area contributed by atoms with Crippen molar-refractivity contribution in [2.24, 2.45) is 5.73 Å². The number of carboxylic acids is 1. The van der Waals surface area contributed by atoms with E-state index in [9.17, 15) is 4.79 Å². The fourth-order valence-electron chi connectivity index (χ4n) is 1.10. The van der Waals surface area contributed by atoms with Gasteiger partial charge < -0.3 is 20.6 Å². The van der Waals surface area contributed by atoms with Gasteiger partial charge in [-0.15, -0.1) is 0 Å². The van der Waals surface area contributed by atoms with Gasteiger partial charge in [-0.25, -0.2) is 0 Å². The Kier molecular flexibility index (Phi) is 7.37. The molecule has 5 nitrogen and oxygen atoms in total. The highest BCUT2D eigenvalue weighted by atomic mass is 16.4. The molecular weight excluding hydrogens is 206 g/mol. The molecule has 0 aromatic heterocycles. The number of hydrogen-bond donors (Lipinski definition) is 2. The van der Waals surface area contributed by atoms with Crippen LogP contribution >= 0.6 is 0 Å². The Bertz CT molecular complexity index is 229. The number of carboxylic acid groups (broad SMARTS) is 1. The molecule has 5 heteroatoms. The Labute approximate surface area is 97.5 Å². The summed E-state index contributed by atoms with van der Waals surface area (Å²) in [5, 5.41) is 7.87. The largest absolute Gasteiger partial charge is 0.480 e. The van der Waals surface area contributed by atoms with E-state index in [1.807, 2.05) is 0 Å². The van der Waals surface area contributed by atoms with Crippen molar-refractivity contribution < 1.29 is 9.90 Å². The van der Waals surface area contributed by atoms with Crippen LogP contribution in [0.15, 0.2) is 12.4 Å². The molecule has 0 unspecified atom stereocenters. The highest BCUT2D eigenvalue weighted by Gasteiger charge is 2.05. The van der Waals surface area contributed by atoms with E-state index in [0.29, 0.717) is 0 Å². The summed E-state index contributed by atoms with van der Waals surface area (Å²) in [6.07, 6.45) is 6.87. The van der Waals surface area contributed by atoms with Gasteiger partial charge in [0.25, 0.3) is 0 Å². The smallest absolute Gasteiger partial charge is 0.320 e. The van der Waals surface area contributed by atoms with Crippen molar-refractivity contribution in [1.29, 1.82) is 0 Å². The SMILES string of the molecule is CCCCN1C=CN(C)C1.C[C@H](N)C(=O)O. The summed E-state index contributed by atoms with van der Waals surface area (Å²) in [6, 6.07) is -0.731. The quantitative estimate of drug-likeness (QED) is 0.749. The van der Waals surface area contributed by atoms with Crippen LogP contribution in [0.3, 0.4) is 0 Å². The van der Waals surface area contributed by atoms with Gasteiger partial charge in [0, 0.05) is 26.0 Å². The Morgan fingerprint density at radius 3 is 2.44 bits per heavy atom. The molecular formula is C11H23N3O2. The third kappa shape index (κ3) is 7.11. The molecule has 1 atom stereocenters. The predicted octanol–water partition coefficient (Wildman–Crippen LogP) is 0.881. The van der Waals surface area contributed by atoms with Gasteiger partial charge in [-0.2, -0.15) is 0 Å². The van der Waals surface area contributed by atoms with Crippen LogP contribution in [0.1, 0.15) is 26.7 Å². The number of nitrogens with two attached hydrogens (primary N) is 1. The molecule has 1 aliphatic heterocycles. The first-order valence-corrected chi connectivity index (χ1v) is 5.58. The van der Waals surface area contributed by atoms with E-state index in [4.69, 9.17) is 10.8 Å². The monoisotopic (exact) mass is 229 g/mol. The van der Waals surface area contributed by atoms with Crippen LogP contribution in [0.25, 0.3) is 0 Å². The lowest BCUT2D eigenvalue weighted by Crippen LogP contribution is -2.25. The average molecular weight is 229 g/mol. The second kappa shape index (κ2) is 7.98. The van der Waals surface area contributed by atoms with Gasteiger partial charge in [0.2, 0.25) is 0 Å². The number of nitrogens with zero attached hydrogens (tertiary/aromatic N) is 2. The van der Waals surface area contributed by atoms with E-state index in [0.717, 1.165) is 6.67 Å². The second-order valence-corrected chi connectivity index (χ2v) is 3.99. The molecule has 0 aliphatic carbocycles. The van der Waals surface area contributed by atoms with E-state index in [-0.39, 0.29) is 0 Å². The number of aliphatic carboxylic acids is 1. The van der Waals surface area contributed by atoms with Gasteiger partial charge in [0.1, 0.15) is 6.04 Å². The fraction of sp³-hybridized carbons (Fsp3) is 0.727. The maximum atomic E-state index is 9.57.